The maximum absolute atomic E-state index is 11.2. The number of aliphatic carboxylic acids is 1. The van der Waals surface area contributed by atoms with E-state index in [2.05, 4.69) is 0 Å². The maximum Gasteiger partial charge on any atom is 0.367 e. The van der Waals surface area contributed by atoms with Crippen molar-refractivity contribution in [1.82, 2.24) is 0 Å². The number of carboxylic acids is 1. The van der Waals surface area contributed by atoms with Crippen molar-refractivity contribution in [2.24, 2.45) is 0 Å². The molecule has 4 nitrogen and oxygen atoms in total. The first-order valence-electron chi connectivity index (χ1n) is 4.58. The Balaban J connectivity index is 3.13. The van der Waals surface area contributed by atoms with Crippen molar-refractivity contribution in [3.05, 3.63) is 30.3 Å². The van der Waals surface area contributed by atoms with E-state index in [1.807, 2.05) is 0 Å². The quantitative estimate of drug-likeness (QED) is 0.813. The molecule has 2 atom stereocenters. The van der Waals surface area contributed by atoms with Crippen molar-refractivity contribution >= 4 is 52.4 Å². The molecule has 0 amide bonds. The molecule has 0 fully saturated rings. The van der Waals surface area contributed by atoms with Gasteiger partial charge in [-0.15, -0.1) is 0 Å². The number of aliphatic hydroxyl groups is 1. The summed E-state index contributed by atoms with van der Waals surface area (Å²) in [5.41, 5.74) is -1.95. The summed E-state index contributed by atoms with van der Waals surface area (Å²) >= 11 is 22.4. The van der Waals surface area contributed by atoms with Crippen LogP contribution in [0.4, 0.5) is 0 Å². The fourth-order valence-corrected chi connectivity index (χ4v) is 1.70. The molecule has 1 aromatic rings. The van der Waals surface area contributed by atoms with Gasteiger partial charge in [-0.3, -0.25) is 0 Å². The van der Waals surface area contributed by atoms with Gasteiger partial charge in [0.05, 0.1) is 0 Å². The highest BCUT2D eigenvalue weighted by molar-refractivity contribution is 6.58. The van der Waals surface area contributed by atoms with Gasteiger partial charge < -0.3 is 14.9 Å². The van der Waals surface area contributed by atoms with Crippen molar-refractivity contribution in [3.63, 3.8) is 0 Å². The Bertz CT molecular complexity index is 423. The van der Waals surface area contributed by atoms with Crippen LogP contribution in [0.2, 0.25) is 0 Å². The van der Waals surface area contributed by atoms with Crippen LogP contribution in [0.25, 0.3) is 0 Å². The Hall–Kier alpha value is -0.390. The van der Waals surface area contributed by atoms with Gasteiger partial charge in [0.15, 0.2) is 5.56 Å². The van der Waals surface area contributed by atoms with Gasteiger partial charge in [-0.05, 0) is 12.1 Å². The number of alkyl halides is 4. The lowest BCUT2D eigenvalue weighted by Gasteiger charge is -2.35. The molecular weight excluding hydrogens is 326 g/mol. The molecule has 1 rings (SSSR count). The van der Waals surface area contributed by atoms with Crippen LogP contribution in [0, 0.1) is 0 Å². The number of hydrogen-bond donors (Lipinski definition) is 2. The van der Waals surface area contributed by atoms with Crippen LogP contribution < -0.4 is 4.74 Å². The first-order valence-corrected chi connectivity index (χ1v) is 6.15. The summed E-state index contributed by atoms with van der Waals surface area (Å²) in [5, 5.41) is 15.7. The van der Waals surface area contributed by atoms with Gasteiger partial charge in [-0.2, -0.15) is 0 Å². The van der Waals surface area contributed by atoms with E-state index in [0.29, 0.717) is 0 Å². The standard InChI is InChI=1S/C10H8Cl4O4/c11-7(15)9(12,13)10(14,8(16)17)18-6-4-2-1-3-5-6/h1-5,7,15H,(H,16,17). The molecule has 0 aliphatic heterocycles. The van der Waals surface area contributed by atoms with E-state index in [9.17, 15) is 9.90 Å². The summed E-state index contributed by atoms with van der Waals surface area (Å²) in [6.45, 7) is 0. The lowest BCUT2D eigenvalue weighted by atomic mass is 10.2. The van der Waals surface area contributed by atoms with Gasteiger partial charge in [0.25, 0.3) is 0 Å². The lowest BCUT2D eigenvalue weighted by Crippen LogP contribution is -2.57. The van der Waals surface area contributed by atoms with Crippen molar-refractivity contribution in [1.29, 1.82) is 0 Å². The van der Waals surface area contributed by atoms with Gasteiger partial charge in [-0.25, -0.2) is 4.79 Å². The van der Waals surface area contributed by atoms with Crippen LogP contribution in [0.15, 0.2) is 30.3 Å². The van der Waals surface area contributed by atoms with Crippen molar-refractivity contribution in [2.75, 3.05) is 0 Å². The second-order valence-electron chi connectivity index (χ2n) is 3.27. The Morgan fingerprint density at radius 1 is 1.22 bits per heavy atom. The van der Waals surface area contributed by atoms with Gasteiger partial charge in [0.1, 0.15) is 5.75 Å². The SMILES string of the molecule is O=C(O)C(Cl)(Oc1ccccc1)C(Cl)(Cl)C(O)Cl. The summed E-state index contributed by atoms with van der Waals surface area (Å²) in [6, 6.07) is 7.77. The molecule has 0 radical (unpaired) electrons. The average Bonchev–Trinajstić information content (AvgIpc) is 2.29. The minimum atomic E-state index is -2.64. The third kappa shape index (κ3) is 2.95. The summed E-state index contributed by atoms with van der Waals surface area (Å²) in [4.78, 5) is 11.2. The normalized spacial score (nSPS) is 16.7. The molecule has 0 bridgehead atoms. The average molecular weight is 334 g/mol. The number of hydrogen-bond acceptors (Lipinski definition) is 3. The Morgan fingerprint density at radius 3 is 2.11 bits per heavy atom. The monoisotopic (exact) mass is 332 g/mol. The molecule has 0 saturated heterocycles. The molecule has 100 valence electrons. The van der Waals surface area contributed by atoms with E-state index in [0.717, 1.165) is 0 Å². The van der Waals surface area contributed by atoms with E-state index in [1.54, 1.807) is 18.2 Å². The summed E-state index contributed by atoms with van der Waals surface area (Å²) in [7, 11) is 0. The summed E-state index contributed by atoms with van der Waals surface area (Å²) in [5.74, 6) is -1.57. The van der Waals surface area contributed by atoms with Crippen LogP contribution >= 0.6 is 46.4 Å². The van der Waals surface area contributed by atoms with E-state index in [4.69, 9.17) is 56.2 Å². The van der Waals surface area contributed by atoms with Crippen LogP contribution in [0.5, 0.6) is 5.75 Å². The highest BCUT2D eigenvalue weighted by Crippen LogP contribution is 2.44. The molecule has 0 aliphatic rings. The predicted octanol–water partition coefficient (Wildman–Crippen LogP) is 2.82. The van der Waals surface area contributed by atoms with E-state index < -0.39 is 20.9 Å². The number of halogens is 4. The minimum Gasteiger partial charge on any atom is -0.477 e. The summed E-state index contributed by atoms with van der Waals surface area (Å²) < 4.78 is 2.59. The third-order valence-corrected chi connectivity index (χ3v) is 4.23. The predicted molar refractivity (Wildman–Crippen MR) is 69.6 cm³/mol. The molecule has 0 heterocycles. The topological polar surface area (TPSA) is 66.8 Å². The molecule has 0 saturated carbocycles. The molecule has 8 heteroatoms. The van der Waals surface area contributed by atoms with E-state index >= 15 is 0 Å². The molecule has 18 heavy (non-hydrogen) atoms. The third-order valence-electron chi connectivity index (χ3n) is 2.00. The van der Waals surface area contributed by atoms with Crippen LogP contribution in [0.3, 0.4) is 0 Å². The van der Waals surface area contributed by atoms with E-state index in [-0.39, 0.29) is 5.75 Å². The van der Waals surface area contributed by atoms with Gasteiger partial charge >= 0.3 is 11.0 Å². The Labute approximate surface area is 123 Å². The maximum atomic E-state index is 11.2. The highest BCUT2D eigenvalue weighted by atomic mass is 35.5. The zero-order valence-electron chi connectivity index (χ0n) is 8.69. The highest BCUT2D eigenvalue weighted by Gasteiger charge is 2.61. The molecule has 0 aliphatic carbocycles. The number of ether oxygens (including phenoxy) is 1. The molecule has 0 spiro atoms. The zero-order chi connectivity index (χ0) is 14.0. The first kappa shape index (κ1) is 15.7. The largest absolute Gasteiger partial charge is 0.477 e. The first-order chi connectivity index (χ1) is 8.22. The Morgan fingerprint density at radius 2 is 1.72 bits per heavy atom. The van der Waals surface area contributed by atoms with Gasteiger partial charge in [0.2, 0.25) is 4.33 Å². The number of carbonyl (C=O) groups is 1. The molecular formula is C10H8Cl4O4. The number of benzene rings is 1. The molecule has 2 N–H and O–H groups in total. The number of aliphatic hydroxyl groups excluding tert-OH is 1. The van der Waals surface area contributed by atoms with Crippen LogP contribution in [-0.2, 0) is 4.79 Å². The molecule has 0 aromatic heterocycles. The lowest BCUT2D eigenvalue weighted by molar-refractivity contribution is -0.150. The fraction of sp³-hybridized carbons (Fsp3) is 0.300. The second kappa shape index (κ2) is 5.72. The van der Waals surface area contributed by atoms with Crippen LogP contribution in [0.1, 0.15) is 0 Å². The number of para-hydroxylation sites is 1. The molecule has 1 aromatic carbocycles. The van der Waals surface area contributed by atoms with E-state index in [1.165, 1.54) is 12.1 Å². The van der Waals surface area contributed by atoms with Gasteiger partial charge in [0, 0.05) is 0 Å². The fourth-order valence-electron chi connectivity index (χ4n) is 1.06. The Kier molecular flexibility index (Phi) is 4.98. The van der Waals surface area contributed by atoms with Crippen LogP contribution in [-0.4, -0.2) is 31.1 Å². The zero-order valence-corrected chi connectivity index (χ0v) is 11.7. The number of carboxylic acid groups (broad SMARTS) is 1. The molecule has 2 unspecified atom stereocenters. The number of rotatable bonds is 5. The van der Waals surface area contributed by atoms with Crippen molar-refractivity contribution in [2.45, 2.75) is 15.0 Å². The minimum absolute atomic E-state index is 0.109. The summed E-state index contributed by atoms with van der Waals surface area (Å²) in [6.07, 6.45) is 0. The van der Waals surface area contributed by atoms with Crippen molar-refractivity contribution < 1.29 is 19.7 Å². The smallest absolute Gasteiger partial charge is 0.367 e. The second-order valence-corrected chi connectivity index (χ2v) is 5.61. The van der Waals surface area contributed by atoms with Crippen molar-refractivity contribution in [3.8, 4) is 5.75 Å². The van der Waals surface area contributed by atoms with Gasteiger partial charge in [-0.1, -0.05) is 64.6 Å².